The summed E-state index contributed by atoms with van der Waals surface area (Å²) in [6.45, 7) is 2.05. The van der Waals surface area contributed by atoms with Gasteiger partial charge in [0.2, 0.25) is 0 Å². The summed E-state index contributed by atoms with van der Waals surface area (Å²) in [6, 6.07) is 22.7. The largest absolute Gasteiger partial charge is 0.252 e. The maximum absolute atomic E-state index is 4.68. The van der Waals surface area contributed by atoms with E-state index in [1.54, 1.807) is 11.8 Å². The average molecular weight is 346 g/mol. The molecule has 4 rings (SSSR count). The zero-order valence-electron chi connectivity index (χ0n) is 14.0. The Morgan fingerprint density at radius 2 is 1.64 bits per heavy atom. The highest BCUT2D eigenvalue weighted by atomic mass is 32.2. The van der Waals surface area contributed by atoms with Crippen LogP contribution in [0.2, 0.25) is 0 Å². The summed E-state index contributed by atoms with van der Waals surface area (Å²) in [7, 11) is 0. The van der Waals surface area contributed by atoms with Crippen LogP contribution in [0.15, 0.2) is 71.6 Å². The van der Waals surface area contributed by atoms with Crippen molar-refractivity contribution < 1.29 is 0 Å². The van der Waals surface area contributed by atoms with Gasteiger partial charge in [0, 0.05) is 22.8 Å². The Labute approximate surface area is 151 Å². The molecule has 5 heteroatoms. The minimum absolute atomic E-state index is 0.676. The van der Waals surface area contributed by atoms with Crippen LogP contribution in [0.1, 0.15) is 22.8 Å². The molecule has 0 saturated carbocycles. The average Bonchev–Trinajstić information content (AvgIpc) is 3.05. The number of fused-ring (bicyclic) bond motifs is 1. The topological polar surface area (TPSA) is 43.1 Å². The molecule has 0 aliphatic heterocycles. The first-order chi connectivity index (χ1) is 12.3. The van der Waals surface area contributed by atoms with Gasteiger partial charge in [-0.15, -0.1) is 16.9 Å². The summed E-state index contributed by atoms with van der Waals surface area (Å²) in [6.07, 6.45) is 0.720. The Bertz CT molecular complexity index is 981. The normalized spacial score (nSPS) is 11.1. The van der Waals surface area contributed by atoms with E-state index in [0.29, 0.717) is 5.78 Å². The summed E-state index contributed by atoms with van der Waals surface area (Å²) in [5.41, 5.74) is 3.29. The van der Waals surface area contributed by atoms with Crippen LogP contribution in [-0.4, -0.2) is 19.6 Å². The number of rotatable bonds is 5. The molecule has 2 heterocycles. The number of nitrogens with zero attached hydrogens (tertiary/aromatic N) is 4. The quantitative estimate of drug-likeness (QED) is 0.505. The van der Waals surface area contributed by atoms with E-state index < -0.39 is 0 Å². The van der Waals surface area contributed by atoms with Crippen molar-refractivity contribution >= 4 is 17.5 Å². The van der Waals surface area contributed by atoms with Gasteiger partial charge in [-0.25, -0.2) is 9.50 Å². The number of aryl methyl sites for hydroxylation is 1. The second-order valence-electron chi connectivity index (χ2n) is 5.89. The molecule has 25 heavy (non-hydrogen) atoms. The molecule has 0 saturated heterocycles. The molecule has 0 amide bonds. The minimum Gasteiger partial charge on any atom is -0.215 e. The number of benzene rings is 2. The number of thioether (sulfide) groups is 1. The molecular weight excluding hydrogens is 328 g/mol. The van der Waals surface area contributed by atoms with Crippen LogP contribution in [0.25, 0.3) is 5.78 Å². The first-order valence-electron chi connectivity index (χ1n) is 8.22. The number of aromatic nitrogens is 4. The molecule has 124 valence electrons. The fourth-order valence-corrected chi connectivity index (χ4v) is 3.53. The zero-order valence-corrected chi connectivity index (χ0v) is 14.8. The lowest BCUT2D eigenvalue weighted by Crippen LogP contribution is -1.99. The lowest BCUT2D eigenvalue weighted by molar-refractivity contribution is 0.854. The molecule has 0 unspecified atom stereocenters. The minimum atomic E-state index is 0.676. The number of hydrogen-bond acceptors (Lipinski definition) is 4. The number of hydrogen-bond donors (Lipinski definition) is 0. The molecule has 0 N–H and O–H groups in total. The van der Waals surface area contributed by atoms with Crippen molar-refractivity contribution in [1.82, 2.24) is 19.6 Å². The highest BCUT2D eigenvalue weighted by molar-refractivity contribution is 7.98. The van der Waals surface area contributed by atoms with Crippen molar-refractivity contribution in [3.63, 3.8) is 0 Å². The summed E-state index contributed by atoms with van der Waals surface area (Å²) in [5.74, 6) is 2.30. The SMILES string of the molecule is Cc1cc(CSc2ccccc2)nc2nc(Cc3ccccc3)nn12. The maximum atomic E-state index is 4.68. The predicted molar refractivity (Wildman–Crippen MR) is 101 cm³/mol. The third-order valence-corrected chi connectivity index (χ3v) is 4.97. The third kappa shape index (κ3) is 3.72. The van der Waals surface area contributed by atoms with Gasteiger partial charge in [0.25, 0.3) is 5.78 Å². The molecule has 4 nitrogen and oxygen atoms in total. The third-order valence-electron chi connectivity index (χ3n) is 3.92. The summed E-state index contributed by atoms with van der Waals surface area (Å²) in [4.78, 5) is 10.5. The van der Waals surface area contributed by atoms with E-state index in [9.17, 15) is 0 Å². The van der Waals surface area contributed by atoms with Crippen molar-refractivity contribution in [2.24, 2.45) is 0 Å². The second-order valence-corrected chi connectivity index (χ2v) is 6.94. The Morgan fingerprint density at radius 3 is 2.40 bits per heavy atom. The predicted octanol–water partition coefficient (Wildman–Crippen LogP) is 4.32. The highest BCUT2D eigenvalue weighted by Crippen LogP contribution is 2.22. The molecule has 0 fully saturated rings. The van der Waals surface area contributed by atoms with Gasteiger partial charge < -0.3 is 0 Å². The molecule has 0 atom stereocenters. The Balaban J connectivity index is 1.56. The fraction of sp³-hybridized carbons (Fsp3) is 0.150. The first-order valence-corrected chi connectivity index (χ1v) is 9.20. The van der Waals surface area contributed by atoms with Crippen molar-refractivity contribution in [3.05, 3.63) is 89.5 Å². The van der Waals surface area contributed by atoms with Crippen LogP contribution < -0.4 is 0 Å². The van der Waals surface area contributed by atoms with E-state index in [1.165, 1.54) is 10.5 Å². The molecule has 0 radical (unpaired) electrons. The van der Waals surface area contributed by atoms with Gasteiger partial charge in [0.05, 0.1) is 5.69 Å². The lowest BCUT2D eigenvalue weighted by Gasteiger charge is -2.03. The van der Waals surface area contributed by atoms with Gasteiger partial charge in [0.1, 0.15) is 0 Å². The van der Waals surface area contributed by atoms with Crippen LogP contribution in [0, 0.1) is 6.92 Å². The van der Waals surface area contributed by atoms with Crippen molar-refractivity contribution in [2.45, 2.75) is 24.0 Å². The van der Waals surface area contributed by atoms with Gasteiger partial charge in [-0.2, -0.15) is 4.98 Å². The molecule has 4 aromatic rings. The smallest absolute Gasteiger partial charge is 0.215 e. The lowest BCUT2D eigenvalue weighted by atomic mass is 10.1. The maximum Gasteiger partial charge on any atom is 0.252 e. The van der Waals surface area contributed by atoms with Crippen LogP contribution in [0.5, 0.6) is 0 Å². The molecular formula is C20H18N4S. The van der Waals surface area contributed by atoms with Crippen LogP contribution in [-0.2, 0) is 12.2 Å². The Kier molecular flexibility index (Phi) is 4.48. The van der Waals surface area contributed by atoms with E-state index in [2.05, 4.69) is 57.5 Å². The highest BCUT2D eigenvalue weighted by Gasteiger charge is 2.10. The van der Waals surface area contributed by atoms with E-state index in [-0.39, 0.29) is 0 Å². The Morgan fingerprint density at radius 1 is 0.920 bits per heavy atom. The van der Waals surface area contributed by atoms with Crippen LogP contribution >= 0.6 is 11.8 Å². The molecule has 0 aliphatic rings. The standard InChI is InChI=1S/C20H18N4S/c1-15-12-17(14-25-18-10-6-3-7-11-18)21-20-22-19(23-24(15)20)13-16-8-4-2-5-9-16/h2-12H,13-14H2,1H3. The van der Waals surface area contributed by atoms with Gasteiger partial charge in [-0.3, -0.25) is 0 Å². The van der Waals surface area contributed by atoms with Gasteiger partial charge in [-0.1, -0.05) is 48.5 Å². The molecule has 2 aromatic carbocycles. The van der Waals surface area contributed by atoms with E-state index in [4.69, 9.17) is 0 Å². The molecule has 2 aromatic heterocycles. The molecule has 0 bridgehead atoms. The second kappa shape index (κ2) is 7.07. The fourth-order valence-electron chi connectivity index (χ4n) is 2.72. The van der Waals surface area contributed by atoms with E-state index in [0.717, 1.165) is 29.4 Å². The van der Waals surface area contributed by atoms with E-state index >= 15 is 0 Å². The zero-order chi connectivity index (χ0) is 17.1. The van der Waals surface area contributed by atoms with Gasteiger partial charge in [-0.05, 0) is 30.7 Å². The van der Waals surface area contributed by atoms with Crippen molar-refractivity contribution in [1.29, 1.82) is 0 Å². The summed E-state index contributed by atoms with van der Waals surface area (Å²) in [5, 5.41) is 4.60. The Hall–Kier alpha value is -2.66. The van der Waals surface area contributed by atoms with Crippen molar-refractivity contribution in [3.8, 4) is 0 Å². The van der Waals surface area contributed by atoms with Crippen LogP contribution in [0.3, 0.4) is 0 Å². The monoisotopic (exact) mass is 346 g/mol. The van der Waals surface area contributed by atoms with Crippen LogP contribution in [0.4, 0.5) is 0 Å². The van der Waals surface area contributed by atoms with Gasteiger partial charge >= 0.3 is 0 Å². The van der Waals surface area contributed by atoms with Gasteiger partial charge in [0.15, 0.2) is 5.82 Å². The first kappa shape index (κ1) is 15.8. The van der Waals surface area contributed by atoms with Crippen molar-refractivity contribution in [2.75, 3.05) is 0 Å². The summed E-state index contributed by atoms with van der Waals surface area (Å²) < 4.78 is 1.83. The molecule has 0 spiro atoms. The summed E-state index contributed by atoms with van der Waals surface area (Å²) >= 11 is 1.78. The molecule has 0 aliphatic carbocycles. The van der Waals surface area contributed by atoms with E-state index in [1.807, 2.05) is 35.7 Å².